The monoisotopic (exact) mass is 287 g/mol. The molecule has 0 saturated carbocycles. The Morgan fingerprint density at radius 3 is 2.90 bits per heavy atom. The molecule has 0 bridgehead atoms. The molecule has 0 fully saturated rings. The Hall–Kier alpha value is -1.61. The van der Waals surface area contributed by atoms with Crippen molar-refractivity contribution in [1.82, 2.24) is 9.97 Å². The molecule has 0 N–H and O–H groups in total. The van der Waals surface area contributed by atoms with E-state index in [9.17, 15) is 0 Å². The first-order chi connectivity index (χ1) is 9.69. The van der Waals surface area contributed by atoms with Crippen molar-refractivity contribution in [2.24, 2.45) is 0 Å². The molecule has 2 heterocycles. The fourth-order valence-corrected chi connectivity index (χ4v) is 2.94. The molecule has 0 saturated heterocycles. The molecule has 4 heteroatoms. The van der Waals surface area contributed by atoms with Crippen LogP contribution < -0.4 is 4.90 Å². The fourth-order valence-electron chi connectivity index (χ4n) is 2.67. The van der Waals surface area contributed by atoms with Crippen molar-refractivity contribution >= 4 is 23.2 Å². The van der Waals surface area contributed by atoms with E-state index in [2.05, 4.69) is 40.0 Å². The molecule has 0 unspecified atom stereocenters. The van der Waals surface area contributed by atoms with E-state index in [4.69, 9.17) is 11.6 Å². The van der Waals surface area contributed by atoms with Crippen molar-refractivity contribution in [2.45, 2.75) is 32.6 Å². The lowest BCUT2D eigenvalue weighted by molar-refractivity contribution is 0.747. The first-order valence-corrected chi connectivity index (χ1v) is 7.48. The van der Waals surface area contributed by atoms with Gasteiger partial charge in [0.15, 0.2) is 0 Å². The third-order valence-corrected chi connectivity index (χ3v) is 4.10. The molecule has 1 aromatic carbocycles. The highest BCUT2D eigenvalue weighted by Crippen LogP contribution is 2.32. The van der Waals surface area contributed by atoms with Crippen LogP contribution in [0.3, 0.4) is 0 Å². The van der Waals surface area contributed by atoms with Crippen molar-refractivity contribution in [3.05, 3.63) is 46.8 Å². The standard InChI is InChI=1S/C16H18ClN3/c1-11-5-6-15-13(8-11)4-3-7-20(15)16-18-10-14(9-17)12(2)19-16/h5-6,8,10H,3-4,7,9H2,1-2H3. The van der Waals surface area contributed by atoms with Gasteiger partial charge < -0.3 is 4.90 Å². The maximum Gasteiger partial charge on any atom is 0.230 e. The average Bonchev–Trinajstić information content (AvgIpc) is 2.46. The summed E-state index contributed by atoms with van der Waals surface area (Å²) in [4.78, 5) is 11.3. The van der Waals surface area contributed by atoms with Gasteiger partial charge in [0.05, 0.1) is 5.88 Å². The summed E-state index contributed by atoms with van der Waals surface area (Å²) in [7, 11) is 0. The second-order valence-corrected chi connectivity index (χ2v) is 5.57. The van der Waals surface area contributed by atoms with Crippen LogP contribution >= 0.6 is 11.6 Å². The molecule has 0 radical (unpaired) electrons. The number of benzene rings is 1. The van der Waals surface area contributed by atoms with Crippen LogP contribution in [0.4, 0.5) is 11.6 Å². The summed E-state index contributed by atoms with van der Waals surface area (Å²) in [5, 5.41) is 0. The summed E-state index contributed by atoms with van der Waals surface area (Å²) in [5.74, 6) is 1.24. The Morgan fingerprint density at radius 1 is 1.30 bits per heavy atom. The van der Waals surface area contributed by atoms with Crippen molar-refractivity contribution in [3.8, 4) is 0 Å². The van der Waals surface area contributed by atoms with Crippen LogP contribution in [0.25, 0.3) is 0 Å². The number of halogens is 1. The predicted octanol–water partition coefficient (Wildman–Crippen LogP) is 3.92. The quantitative estimate of drug-likeness (QED) is 0.784. The highest BCUT2D eigenvalue weighted by molar-refractivity contribution is 6.17. The van der Waals surface area contributed by atoms with Gasteiger partial charge >= 0.3 is 0 Å². The van der Waals surface area contributed by atoms with E-state index < -0.39 is 0 Å². The van der Waals surface area contributed by atoms with Crippen LogP contribution in [0.5, 0.6) is 0 Å². The van der Waals surface area contributed by atoms with Gasteiger partial charge in [0.2, 0.25) is 5.95 Å². The van der Waals surface area contributed by atoms with Crippen molar-refractivity contribution in [3.63, 3.8) is 0 Å². The molecule has 20 heavy (non-hydrogen) atoms. The summed E-state index contributed by atoms with van der Waals surface area (Å²) in [6.07, 6.45) is 4.11. The zero-order valence-electron chi connectivity index (χ0n) is 11.9. The predicted molar refractivity (Wildman–Crippen MR) is 82.8 cm³/mol. The average molecular weight is 288 g/mol. The van der Waals surface area contributed by atoms with Gasteiger partial charge in [-0.1, -0.05) is 17.7 Å². The number of anilines is 2. The Bertz CT molecular complexity index is 640. The summed E-state index contributed by atoms with van der Waals surface area (Å²) in [5.41, 5.74) is 5.89. The molecule has 0 amide bonds. The van der Waals surface area contributed by atoms with Gasteiger partial charge in [-0.25, -0.2) is 9.97 Å². The maximum absolute atomic E-state index is 5.88. The van der Waals surface area contributed by atoms with Crippen LogP contribution in [0.2, 0.25) is 0 Å². The smallest absolute Gasteiger partial charge is 0.230 e. The van der Waals surface area contributed by atoms with E-state index >= 15 is 0 Å². The Kier molecular flexibility index (Phi) is 3.62. The molecule has 2 aromatic rings. The van der Waals surface area contributed by atoms with Crippen LogP contribution in [0.1, 0.15) is 28.8 Å². The molecule has 1 aromatic heterocycles. The summed E-state index contributed by atoms with van der Waals surface area (Å²) in [6.45, 7) is 5.09. The lowest BCUT2D eigenvalue weighted by Gasteiger charge is -2.30. The molecule has 0 spiro atoms. The molecular weight excluding hydrogens is 270 g/mol. The summed E-state index contributed by atoms with van der Waals surface area (Å²) < 4.78 is 0. The first kappa shape index (κ1) is 13.4. The lowest BCUT2D eigenvalue weighted by Crippen LogP contribution is -2.26. The second kappa shape index (κ2) is 5.41. The number of aromatic nitrogens is 2. The number of rotatable bonds is 2. The summed E-state index contributed by atoms with van der Waals surface area (Å²) in [6, 6.07) is 6.59. The first-order valence-electron chi connectivity index (χ1n) is 6.94. The van der Waals surface area contributed by atoms with Gasteiger partial charge in [-0.2, -0.15) is 0 Å². The van der Waals surface area contributed by atoms with Gasteiger partial charge in [0.25, 0.3) is 0 Å². The van der Waals surface area contributed by atoms with Crippen LogP contribution in [-0.2, 0) is 12.3 Å². The zero-order chi connectivity index (χ0) is 14.1. The number of nitrogens with zero attached hydrogens (tertiary/aromatic N) is 3. The van der Waals surface area contributed by atoms with Crippen LogP contribution in [-0.4, -0.2) is 16.5 Å². The highest BCUT2D eigenvalue weighted by Gasteiger charge is 2.20. The minimum Gasteiger partial charge on any atom is -0.310 e. The Morgan fingerprint density at radius 2 is 2.15 bits per heavy atom. The second-order valence-electron chi connectivity index (χ2n) is 5.30. The van der Waals surface area contributed by atoms with Crippen molar-refractivity contribution < 1.29 is 0 Å². The van der Waals surface area contributed by atoms with Gasteiger partial charge in [-0.15, -0.1) is 11.6 Å². The van der Waals surface area contributed by atoms with E-state index in [0.717, 1.165) is 36.6 Å². The molecule has 104 valence electrons. The minimum atomic E-state index is 0.460. The van der Waals surface area contributed by atoms with Crippen molar-refractivity contribution in [2.75, 3.05) is 11.4 Å². The van der Waals surface area contributed by atoms with Gasteiger partial charge in [-0.05, 0) is 38.3 Å². The van der Waals surface area contributed by atoms with Crippen molar-refractivity contribution in [1.29, 1.82) is 0 Å². The van der Waals surface area contributed by atoms with E-state index in [0.29, 0.717) is 5.88 Å². The number of hydrogen-bond acceptors (Lipinski definition) is 3. The number of alkyl halides is 1. The number of fused-ring (bicyclic) bond motifs is 1. The highest BCUT2D eigenvalue weighted by atomic mass is 35.5. The molecule has 0 aliphatic carbocycles. The molecule has 3 rings (SSSR count). The largest absolute Gasteiger partial charge is 0.310 e. The third kappa shape index (κ3) is 2.38. The van der Waals surface area contributed by atoms with Gasteiger partial charge in [0.1, 0.15) is 0 Å². The summed E-state index contributed by atoms with van der Waals surface area (Å²) >= 11 is 5.88. The molecule has 1 aliphatic heterocycles. The van der Waals surface area contributed by atoms with Crippen LogP contribution in [0, 0.1) is 13.8 Å². The molecule has 0 atom stereocenters. The number of hydrogen-bond donors (Lipinski definition) is 0. The SMILES string of the molecule is Cc1ccc2c(c1)CCCN2c1ncc(CCl)c(C)n1. The Labute approximate surface area is 124 Å². The minimum absolute atomic E-state index is 0.460. The normalized spacial score (nSPS) is 14.2. The topological polar surface area (TPSA) is 29.0 Å². The van der Waals surface area contributed by atoms with Gasteiger partial charge in [0, 0.05) is 29.7 Å². The maximum atomic E-state index is 5.88. The Balaban J connectivity index is 2.02. The zero-order valence-corrected chi connectivity index (χ0v) is 12.6. The molecule has 1 aliphatic rings. The van der Waals surface area contributed by atoms with E-state index in [1.165, 1.54) is 16.8 Å². The molecule has 3 nitrogen and oxygen atoms in total. The fraction of sp³-hybridized carbons (Fsp3) is 0.375. The molecular formula is C16H18ClN3. The van der Waals surface area contributed by atoms with E-state index in [-0.39, 0.29) is 0 Å². The number of aryl methyl sites for hydroxylation is 3. The van der Waals surface area contributed by atoms with Crippen LogP contribution in [0.15, 0.2) is 24.4 Å². The van der Waals surface area contributed by atoms with Gasteiger partial charge in [-0.3, -0.25) is 0 Å². The lowest BCUT2D eigenvalue weighted by atomic mass is 10.00. The van der Waals surface area contributed by atoms with E-state index in [1.807, 2.05) is 13.1 Å². The van der Waals surface area contributed by atoms with E-state index in [1.54, 1.807) is 0 Å². The third-order valence-electron chi connectivity index (χ3n) is 3.81.